The number of fused-ring (bicyclic) bond motifs is 1. The van der Waals surface area contributed by atoms with Gasteiger partial charge in [-0.15, -0.1) is 0 Å². The van der Waals surface area contributed by atoms with E-state index in [0.29, 0.717) is 11.3 Å². The number of rotatable bonds is 6. The van der Waals surface area contributed by atoms with Crippen LogP contribution in [0.5, 0.6) is 5.75 Å². The van der Waals surface area contributed by atoms with Crippen molar-refractivity contribution in [2.45, 2.75) is 38.6 Å². The highest BCUT2D eigenvalue weighted by atomic mass is 16.5. The molecule has 29 heavy (non-hydrogen) atoms. The Balaban J connectivity index is 1.47. The van der Waals surface area contributed by atoms with E-state index in [4.69, 9.17) is 4.74 Å². The molecule has 2 aliphatic rings. The molecule has 1 saturated heterocycles. The summed E-state index contributed by atoms with van der Waals surface area (Å²) in [7, 11) is 0. The molecule has 1 fully saturated rings. The molecule has 1 heterocycles. The van der Waals surface area contributed by atoms with E-state index in [-0.39, 0.29) is 24.8 Å². The first kappa shape index (κ1) is 19.2. The van der Waals surface area contributed by atoms with Crippen LogP contribution in [0.4, 0.5) is 4.79 Å². The number of imide groups is 1. The van der Waals surface area contributed by atoms with Crippen molar-refractivity contribution in [3.8, 4) is 5.75 Å². The van der Waals surface area contributed by atoms with Crippen molar-refractivity contribution < 1.29 is 19.1 Å². The highest BCUT2D eigenvalue weighted by Gasteiger charge is 2.49. The molecule has 1 N–H and O–H groups in total. The summed E-state index contributed by atoms with van der Waals surface area (Å²) >= 11 is 0. The van der Waals surface area contributed by atoms with Gasteiger partial charge in [0.2, 0.25) is 0 Å². The zero-order valence-electron chi connectivity index (χ0n) is 16.7. The van der Waals surface area contributed by atoms with Crippen molar-refractivity contribution in [3.05, 3.63) is 64.7 Å². The molecule has 0 aromatic heterocycles. The van der Waals surface area contributed by atoms with Crippen molar-refractivity contribution in [1.82, 2.24) is 10.2 Å². The SMILES string of the molecule is CC(=O)c1ccccc1OCCN1C(=O)N[C@](C)(c2ccc3c(c2)CCC3)C1=O. The Kier molecular flexibility index (Phi) is 4.86. The molecule has 6 nitrogen and oxygen atoms in total. The highest BCUT2D eigenvalue weighted by Crippen LogP contribution is 2.32. The number of hydrogen-bond donors (Lipinski definition) is 1. The van der Waals surface area contributed by atoms with E-state index in [1.807, 2.05) is 12.1 Å². The lowest BCUT2D eigenvalue weighted by molar-refractivity contribution is -0.131. The number of benzene rings is 2. The minimum Gasteiger partial charge on any atom is -0.491 e. The van der Waals surface area contributed by atoms with Crippen molar-refractivity contribution in [3.63, 3.8) is 0 Å². The molecule has 150 valence electrons. The van der Waals surface area contributed by atoms with Crippen LogP contribution in [0, 0.1) is 0 Å². The Morgan fingerprint density at radius 2 is 1.90 bits per heavy atom. The first-order valence-corrected chi connectivity index (χ1v) is 9.89. The Morgan fingerprint density at radius 1 is 1.14 bits per heavy atom. The number of urea groups is 1. The molecule has 1 aliphatic carbocycles. The summed E-state index contributed by atoms with van der Waals surface area (Å²) in [5.41, 5.74) is 2.79. The average molecular weight is 392 g/mol. The number of Topliss-reactive ketones (excluding diaryl/α,β-unsaturated/α-hetero) is 1. The second kappa shape index (κ2) is 7.35. The van der Waals surface area contributed by atoms with Crippen molar-refractivity contribution in [2.24, 2.45) is 0 Å². The third kappa shape index (κ3) is 3.39. The van der Waals surface area contributed by atoms with Crippen LogP contribution < -0.4 is 10.1 Å². The van der Waals surface area contributed by atoms with Gasteiger partial charge in [0.05, 0.1) is 12.1 Å². The monoisotopic (exact) mass is 392 g/mol. The first-order valence-electron chi connectivity index (χ1n) is 9.89. The maximum Gasteiger partial charge on any atom is 0.325 e. The van der Waals surface area contributed by atoms with Gasteiger partial charge in [-0.3, -0.25) is 14.5 Å². The fourth-order valence-corrected chi connectivity index (χ4v) is 4.11. The summed E-state index contributed by atoms with van der Waals surface area (Å²) < 4.78 is 5.70. The van der Waals surface area contributed by atoms with Crippen LogP contribution in [0.25, 0.3) is 0 Å². The van der Waals surface area contributed by atoms with Crippen molar-refractivity contribution in [2.75, 3.05) is 13.2 Å². The van der Waals surface area contributed by atoms with Crippen LogP contribution in [-0.2, 0) is 23.2 Å². The topological polar surface area (TPSA) is 75.7 Å². The van der Waals surface area contributed by atoms with E-state index in [0.717, 1.165) is 24.8 Å². The number of amides is 3. The molecule has 1 aliphatic heterocycles. The van der Waals surface area contributed by atoms with Crippen LogP contribution in [0.15, 0.2) is 42.5 Å². The summed E-state index contributed by atoms with van der Waals surface area (Å²) in [4.78, 5) is 38.5. The number of hydrogen-bond acceptors (Lipinski definition) is 4. The quantitative estimate of drug-likeness (QED) is 0.605. The molecule has 0 saturated carbocycles. The Labute approximate surface area is 169 Å². The first-order chi connectivity index (χ1) is 13.9. The molecular weight excluding hydrogens is 368 g/mol. The fraction of sp³-hybridized carbons (Fsp3) is 0.348. The molecule has 2 aromatic rings. The van der Waals surface area contributed by atoms with Crippen LogP contribution in [0.1, 0.15) is 47.3 Å². The van der Waals surface area contributed by atoms with Crippen LogP contribution in [0.3, 0.4) is 0 Å². The van der Waals surface area contributed by atoms with Gasteiger partial charge in [0.15, 0.2) is 5.78 Å². The summed E-state index contributed by atoms with van der Waals surface area (Å²) in [6, 6.07) is 12.6. The lowest BCUT2D eigenvalue weighted by Crippen LogP contribution is -2.41. The van der Waals surface area contributed by atoms with Gasteiger partial charge in [0.25, 0.3) is 5.91 Å². The predicted molar refractivity (Wildman–Crippen MR) is 108 cm³/mol. The summed E-state index contributed by atoms with van der Waals surface area (Å²) in [6.07, 6.45) is 3.20. The number of nitrogens with zero attached hydrogens (tertiary/aromatic N) is 1. The number of carbonyl (C=O) groups excluding carboxylic acids is 3. The third-order valence-corrected chi connectivity index (χ3v) is 5.79. The average Bonchev–Trinajstić information content (AvgIpc) is 3.26. The van der Waals surface area contributed by atoms with Gasteiger partial charge < -0.3 is 10.1 Å². The van der Waals surface area contributed by atoms with Gasteiger partial charge >= 0.3 is 6.03 Å². The molecule has 2 aromatic carbocycles. The molecule has 6 heteroatoms. The number of ketones is 1. The number of aryl methyl sites for hydroxylation is 2. The van der Waals surface area contributed by atoms with E-state index in [1.54, 1.807) is 31.2 Å². The fourth-order valence-electron chi connectivity index (χ4n) is 4.11. The Morgan fingerprint density at radius 3 is 2.69 bits per heavy atom. The van der Waals surface area contributed by atoms with Gasteiger partial charge in [0, 0.05) is 0 Å². The van der Waals surface area contributed by atoms with E-state index >= 15 is 0 Å². The second-order valence-electron chi connectivity index (χ2n) is 7.75. The van der Waals surface area contributed by atoms with Crippen LogP contribution in [0.2, 0.25) is 0 Å². The maximum absolute atomic E-state index is 13.1. The second-order valence-corrected chi connectivity index (χ2v) is 7.75. The molecule has 4 rings (SSSR count). The minimum absolute atomic E-state index is 0.0974. The molecule has 3 amide bonds. The number of ether oxygens (including phenoxy) is 1. The maximum atomic E-state index is 13.1. The highest BCUT2D eigenvalue weighted by molar-refractivity contribution is 6.07. The van der Waals surface area contributed by atoms with E-state index in [1.165, 1.54) is 23.0 Å². The van der Waals surface area contributed by atoms with E-state index in [2.05, 4.69) is 11.4 Å². The van der Waals surface area contributed by atoms with Gasteiger partial charge in [-0.25, -0.2) is 4.79 Å². The molecule has 0 unspecified atom stereocenters. The van der Waals surface area contributed by atoms with E-state index in [9.17, 15) is 14.4 Å². The van der Waals surface area contributed by atoms with Crippen molar-refractivity contribution >= 4 is 17.7 Å². The summed E-state index contributed by atoms with van der Waals surface area (Å²) in [5.74, 6) is 0.0668. The van der Waals surface area contributed by atoms with Crippen LogP contribution in [-0.4, -0.2) is 35.8 Å². The summed E-state index contributed by atoms with van der Waals surface area (Å²) in [5, 5.41) is 2.84. The molecule has 0 bridgehead atoms. The van der Waals surface area contributed by atoms with E-state index < -0.39 is 11.6 Å². The molecule has 0 spiro atoms. The standard InChI is InChI=1S/C23H24N2O4/c1-15(26)19-8-3-4-9-20(19)29-13-12-25-21(27)23(2,24-22(25)28)18-11-10-16-6-5-7-17(16)14-18/h3-4,8-11,14H,5-7,12-13H2,1-2H3,(H,24,28)/t23-/m1/s1. The van der Waals surface area contributed by atoms with Gasteiger partial charge in [-0.1, -0.05) is 30.3 Å². The van der Waals surface area contributed by atoms with Crippen LogP contribution >= 0.6 is 0 Å². The lowest BCUT2D eigenvalue weighted by Gasteiger charge is -2.23. The Bertz CT molecular complexity index is 1000. The zero-order valence-corrected chi connectivity index (χ0v) is 16.7. The predicted octanol–water partition coefficient (Wildman–Crippen LogP) is 3.22. The zero-order chi connectivity index (χ0) is 20.6. The van der Waals surface area contributed by atoms with Gasteiger partial charge in [-0.05, 0) is 61.9 Å². The number of carbonyl (C=O) groups is 3. The smallest absolute Gasteiger partial charge is 0.325 e. The lowest BCUT2D eigenvalue weighted by atomic mass is 9.90. The summed E-state index contributed by atoms with van der Waals surface area (Å²) in [6.45, 7) is 3.44. The number of nitrogens with one attached hydrogen (secondary N) is 1. The van der Waals surface area contributed by atoms with Gasteiger partial charge in [0.1, 0.15) is 17.9 Å². The minimum atomic E-state index is -1.08. The molecule has 1 atom stereocenters. The van der Waals surface area contributed by atoms with Crippen molar-refractivity contribution in [1.29, 1.82) is 0 Å². The number of para-hydroxylation sites is 1. The molecular formula is C23H24N2O4. The molecule has 0 radical (unpaired) electrons. The third-order valence-electron chi connectivity index (χ3n) is 5.79. The largest absolute Gasteiger partial charge is 0.491 e. The Hall–Kier alpha value is -3.15. The normalized spacial score (nSPS) is 20.6. The van der Waals surface area contributed by atoms with Gasteiger partial charge in [-0.2, -0.15) is 0 Å².